The Morgan fingerprint density at radius 2 is 2.16 bits per heavy atom. The van der Waals surface area contributed by atoms with Crippen molar-refractivity contribution in [2.45, 2.75) is 44.9 Å². The molecule has 136 valence electrons. The van der Waals surface area contributed by atoms with E-state index in [0.29, 0.717) is 12.0 Å². The average molecular weight is 383 g/mol. The highest BCUT2D eigenvalue weighted by Crippen LogP contribution is 2.30. The van der Waals surface area contributed by atoms with Crippen LogP contribution in [0.25, 0.3) is 0 Å². The molecule has 0 spiro atoms. The van der Waals surface area contributed by atoms with E-state index in [1.165, 1.54) is 11.8 Å². The van der Waals surface area contributed by atoms with E-state index in [2.05, 4.69) is 10.2 Å². The van der Waals surface area contributed by atoms with Crippen LogP contribution in [0.15, 0.2) is 17.6 Å². The second-order valence-electron chi connectivity index (χ2n) is 6.32. The van der Waals surface area contributed by atoms with Crippen molar-refractivity contribution in [2.24, 2.45) is 0 Å². The zero-order chi connectivity index (χ0) is 18.2. The van der Waals surface area contributed by atoms with Crippen molar-refractivity contribution in [3.63, 3.8) is 0 Å². The maximum absolute atomic E-state index is 12.7. The normalized spacial score (nSPS) is 19.4. The molecule has 3 heterocycles. The summed E-state index contributed by atoms with van der Waals surface area (Å²) in [6.07, 6.45) is 2.26. The Morgan fingerprint density at radius 1 is 1.40 bits per heavy atom. The SMILES string of the molecule is CCn1cnnc1SCC(=O)c1cc(C)n([C@@H]2CCS(=O)(=O)C2)c1C. The van der Waals surface area contributed by atoms with E-state index in [4.69, 9.17) is 0 Å². The number of thioether (sulfide) groups is 1. The van der Waals surface area contributed by atoms with Gasteiger partial charge in [0.05, 0.1) is 17.3 Å². The first-order valence-corrected chi connectivity index (χ1v) is 11.1. The molecule has 9 heteroatoms. The van der Waals surface area contributed by atoms with Gasteiger partial charge in [-0.25, -0.2) is 8.42 Å². The van der Waals surface area contributed by atoms with Crippen molar-refractivity contribution in [1.82, 2.24) is 19.3 Å². The predicted octanol–water partition coefficient (Wildman–Crippen LogP) is 2.05. The van der Waals surface area contributed by atoms with Gasteiger partial charge in [0.25, 0.3) is 0 Å². The molecule has 0 aliphatic carbocycles. The fraction of sp³-hybridized carbons (Fsp3) is 0.562. The highest BCUT2D eigenvalue weighted by atomic mass is 32.2. The number of hydrogen-bond acceptors (Lipinski definition) is 6. The summed E-state index contributed by atoms with van der Waals surface area (Å²) in [4.78, 5) is 12.7. The van der Waals surface area contributed by atoms with Crippen LogP contribution in [0.3, 0.4) is 0 Å². The second kappa shape index (κ2) is 6.95. The maximum atomic E-state index is 12.7. The van der Waals surface area contributed by atoms with Gasteiger partial charge in [0, 0.05) is 29.5 Å². The van der Waals surface area contributed by atoms with Crippen LogP contribution in [0.5, 0.6) is 0 Å². The van der Waals surface area contributed by atoms with Gasteiger partial charge in [0.1, 0.15) is 6.33 Å². The minimum atomic E-state index is -2.96. The van der Waals surface area contributed by atoms with Crippen LogP contribution in [0.2, 0.25) is 0 Å². The average Bonchev–Trinajstić information content (AvgIpc) is 3.22. The van der Waals surface area contributed by atoms with Crippen molar-refractivity contribution in [3.05, 3.63) is 29.3 Å². The van der Waals surface area contributed by atoms with Gasteiger partial charge in [-0.15, -0.1) is 10.2 Å². The Morgan fingerprint density at radius 3 is 2.80 bits per heavy atom. The van der Waals surface area contributed by atoms with Gasteiger partial charge in [-0.2, -0.15) is 0 Å². The molecule has 3 rings (SSSR count). The minimum Gasteiger partial charge on any atom is -0.344 e. The number of ketones is 1. The van der Waals surface area contributed by atoms with Gasteiger partial charge in [-0.1, -0.05) is 11.8 Å². The standard InChI is InChI=1S/C16H22N4O3S2/c1-4-19-10-17-18-16(19)24-8-15(21)14-7-11(2)20(12(14)3)13-5-6-25(22,23)9-13/h7,10,13H,4-6,8-9H2,1-3H3/t13-/m1/s1. The fourth-order valence-corrected chi connectivity index (χ4v) is 5.94. The topological polar surface area (TPSA) is 86.8 Å². The number of carbonyl (C=O) groups is 1. The Kier molecular flexibility index (Phi) is 5.06. The number of hydrogen-bond donors (Lipinski definition) is 0. The minimum absolute atomic E-state index is 0.0239. The first-order chi connectivity index (χ1) is 11.8. The molecule has 0 amide bonds. The summed E-state index contributed by atoms with van der Waals surface area (Å²) < 4.78 is 27.5. The zero-order valence-corrected chi connectivity index (χ0v) is 16.2. The van der Waals surface area contributed by atoms with Gasteiger partial charge in [-0.05, 0) is 33.3 Å². The molecular weight excluding hydrogens is 360 g/mol. The predicted molar refractivity (Wildman–Crippen MR) is 97.0 cm³/mol. The van der Waals surface area contributed by atoms with Crippen LogP contribution in [-0.2, 0) is 16.4 Å². The lowest BCUT2D eigenvalue weighted by Gasteiger charge is -2.16. The second-order valence-corrected chi connectivity index (χ2v) is 9.49. The van der Waals surface area contributed by atoms with Crippen LogP contribution in [-0.4, -0.2) is 50.8 Å². The summed E-state index contributed by atoms with van der Waals surface area (Å²) in [5.41, 5.74) is 2.45. The molecule has 0 aromatic carbocycles. The number of nitrogens with zero attached hydrogens (tertiary/aromatic N) is 4. The molecule has 1 aliphatic heterocycles. The highest BCUT2D eigenvalue weighted by Gasteiger charge is 2.31. The number of rotatable bonds is 6. The summed E-state index contributed by atoms with van der Waals surface area (Å²) in [7, 11) is -2.96. The van der Waals surface area contributed by atoms with Crippen LogP contribution < -0.4 is 0 Å². The molecule has 1 aliphatic rings. The van der Waals surface area contributed by atoms with Gasteiger partial charge >= 0.3 is 0 Å². The molecule has 1 atom stereocenters. The van der Waals surface area contributed by atoms with E-state index in [1.54, 1.807) is 6.33 Å². The summed E-state index contributed by atoms with van der Waals surface area (Å²) in [5, 5.41) is 8.62. The molecule has 0 unspecified atom stereocenters. The molecule has 7 nitrogen and oxygen atoms in total. The first kappa shape index (κ1) is 18.2. The van der Waals surface area contributed by atoms with Gasteiger partial charge < -0.3 is 9.13 Å². The Labute approximate surface area is 151 Å². The fourth-order valence-electron chi connectivity index (χ4n) is 3.38. The molecule has 2 aromatic rings. The maximum Gasteiger partial charge on any atom is 0.191 e. The number of Topliss-reactive ketones (excluding diaryl/α,β-unsaturated/α-hetero) is 1. The van der Waals surface area contributed by atoms with Gasteiger partial charge in [-0.3, -0.25) is 4.79 Å². The quantitative estimate of drug-likeness (QED) is 0.561. The third-order valence-corrected chi connectivity index (χ3v) is 7.34. The summed E-state index contributed by atoms with van der Waals surface area (Å²) >= 11 is 1.37. The van der Waals surface area contributed by atoms with E-state index >= 15 is 0 Å². The van der Waals surface area contributed by atoms with Crippen LogP contribution in [0.1, 0.15) is 41.1 Å². The molecule has 0 bridgehead atoms. The lowest BCUT2D eigenvalue weighted by atomic mass is 10.2. The Bertz CT molecular complexity index is 899. The largest absolute Gasteiger partial charge is 0.344 e. The van der Waals surface area contributed by atoms with Crippen molar-refractivity contribution in [2.75, 3.05) is 17.3 Å². The smallest absolute Gasteiger partial charge is 0.191 e. The van der Waals surface area contributed by atoms with Crippen molar-refractivity contribution >= 4 is 27.4 Å². The molecule has 0 saturated carbocycles. The number of carbonyl (C=O) groups excluding carboxylic acids is 1. The molecule has 0 radical (unpaired) electrons. The lowest BCUT2D eigenvalue weighted by Crippen LogP contribution is -2.14. The molecule has 2 aromatic heterocycles. The molecule has 25 heavy (non-hydrogen) atoms. The monoisotopic (exact) mass is 382 g/mol. The van der Waals surface area contributed by atoms with E-state index < -0.39 is 9.84 Å². The van der Waals surface area contributed by atoms with Crippen LogP contribution in [0.4, 0.5) is 0 Å². The lowest BCUT2D eigenvalue weighted by molar-refractivity contribution is 0.102. The van der Waals surface area contributed by atoms with Crippen molar-refractivity contribution < 1.29 is 13.2 Å². The van der Waals surface area contributed by atoms with Crippen LogP contribution >= 0.6 is 11.8 Å². The van der Waals surface area contributed by atoms with Gasteiger partial charge in [0.15, 0.2) is 20.8 Å². The third-order valence-electron chi connectivity index (χ3n) is 4.61. The van der Waals surface area contributed by atoms with E-state index in [-0.39, 0.29) is 29.1 Å². The van der Waals surface area contributed by atoms with E-state index in [0.717, 1.165) is 23.1 Å². The summed E-state index contributed by atoms with van der Waals surface area (Å²) in [5.74, 6) is 0.688. The van der Waals surface area contributed by atoms with Gasteiger partial charge in [0.2, 0.25) is 0 Å². The van der Waals surface area contributed by atoms with E-state index in [1.807, 2.05) is 36.0 Å². The van der Waals surface area contributed by atoms with Crippen molar-refractivity contribution in [1.29, 1.82) is 0 Å². The Balaban J connectivity index is 1.77. The molecular formula is C16H22N4O3S2. The number of aromatic nitrogens is 4. The molecule has 1 saturated heterocycles. The number of sulfone groups is 1. The van der Waals surface area contributed by atoms with Crippen molar-refractivity contribution in [3.8, 4) is 0 Å². The zero-order valence-electron chi connectivity index (χ0n) is 14.6. The highest BCUT2D eigenvalue weighted by molar-refractivity contribution is 7.99. The molecule has 1 fully saturated rings. The summed E-state index contributed by atoms with van der Waals surface area (Å²) in [6.45, 7) is 6.58. The summed E-state index contributed by atoms with van der Waals surface area (Å²) in [6, 6.07) is 1.80. The Hall–Kier alpha value is -1.61. The third kappa shape index (κ3) is 3.67. The first-order valence-electron chi connectivity index (χ1n) is 8.25. The van der Waals surface area contributed by atoms with Crippen LogP contribution in [0, 0.1) is 13.8 Å². The van der Waals surface area contributed by atoms with E-state index in [9.17, 15) is 13.2 Å². The number of aryl methyl sites for hydroxylation is 2. The molecule has 0 N–H and O–H groups in total.